The zero-order valence-electron chi connectivity index (χ0n) is 18.3. The van der Waals surface area contributed by atoms with Crippen molar-refractivity contribution in [2.45, 2.75) is 6.92 Å². The standard InChI is InChI=1S/C26H23NO5/c1-16-8-7-9-18(12-16)27-25(28)20-11-6-5-10-19(20)21(26(27)29)13-17-14-22(30-2)24(32-4)23(15-17)31-3/h5-15H,1-4H3/b21-13+. The molecule has 1 heterocycles. The number of imide groups is 1. The summed E-state index contributed by atoms with van der Waals surface area (Å²) in [6, 6.07) is 18.0. The first-order valence-electron chi connectivity index (χ1n) is 10.0. The first-order chi connectivity index (χ1) is 15.5. The Kier molecular flexibility index (Phi) is 5.69. The number of carbonyl (C=O) groups excluding carboxylic acids is 2. The van der Waals surface area contributed by atoms with Crippen molar-refractivity contribution in [1.82, 2.24) is 0 Å². The van der Waals surface area contributed by atoms with Gasteiger partial charge < -0.3 is 14.2 Å². The van der Waals surface area contributed by atoms with Crippen LogP contribution in [0.3, 0.4) is 0 Å². The maximum atomic E-state index is 13.6. The Morgan fingerprint density at radius 1 is 0.750 bits per heavy atom. The van der Waals surface area contributed by atoms with Crippen molar-refractivity contribution in [3.05, 3.63) is 82.9 Å². The van der Waals surface area contributed by atoms with Gasteiger partial charge in [0, 0.05) is 11.1 Å². The molecule has 1 aliphatic heterocycles. The minimum Gasteiger partial charge on any atom is -0.493 e. The zero-order valence-corrected chi connectivity index (χ0v) is 18.3. The SMILES string of the molecule is COc1cc(/C=C2/C(=O)N(c3cccc(C)c3)C(=O)c3ccccc32)cc(OC)c1OC. The molecule has 6 nitrogen and oxygen atoms in total. The topological polar surface area (TPSA) is 65.1 Å². The van der Waals surface area contributed by atoms with E-state index in [4.69, 9.17) is 14.2 Å². The normalized spacial score (nSPS) is 14.4. The molecule has 0 saturated carbocycles. The molecule has 0 bridgehead atoms. The number of rotatable bonds is 5. The van der Waals surface area contributed by atoms with Crippen molar-refractivity contribution in [3.8, 4) is 17.2 Å². The molecule has 0 saturated heterocycles. The van der Waals surface area contributed by atoms with E-state index >= 15 is 0 Å². The maximum Gasteiger partial charge on any atom is 0.265 e. The van der Waals surface area contributed by atoms with Crippen LogP contribution < -0.4 is 19.1 Å². The lowest BCUT2D eigenvalue weighted by molar-refractivity contribution is -0.112. The fraction of sp³-hybridized carbons (Fsp3) is 0.154. The number of fused-ring (bicyclic) bond motifs is 1. The van der Waals surface area contributed by atoms with Gasteiger partial charge in [-0.15, -0.1) is 0 Å². The Balaban J connectivity index is 1.91. The highest BCUT2D eigenvalue weighted by atomic mass is 16.5. The van der Waals surface area contributed by atoms with Gasteiger partial charge in [-0.3, -0.25) is 9.59 Å². The van der Waals surface area contributed by atoms with Crippen LogP contribution in [-0.4, -0.2) is 33.1 Å². The molecule has 0 radical (unpaired) electrons. The summed E-state index contributed by atoms with van der Waals surface area (Å²) in [4.78, 5) is 28.1. The second kappa shape index (κ2) is 8.59. The molecular formula is C26H23NO5. The molecule has 0 unspecified atom stereocenters. The Hall–Kier alpha value is -4.06. The third kappa shape index (κ3) is 3.60. The predicted octanol–water partition coefficient (Wildman–Crippen LogP) is 4.75. The van der Waals surface area contributed by atoms with Gasteiger partial charge in [0.2, 0.25) is 5.75 Å². The highest BCUT2D eigenvalue weighted by molar-refractivity contribution is 6.43. The molecule has 0 aromatic heterocycles. The van der Waals surface area contributed by atoms with Gasteiger partial charge in [-0.05, 0) is 60.0 Å². The summed E-state index contributed by atoms with van der Waals surface area (Å²) in [5.74, 6) is 0.666. The van der Waals surface area contributed by atoms with E-state index in [1.165, 1.54) is 26.2 Å². The molecule has 3 aromatic carbocycles. The molecule has 1 aliphatic rings. The molecule has 0 aliphatic carbocycles. The van der Waals surface area contributed by atoms with Crippen LogP contribution in [-0.2, 0) is 4.79 Å². The van der Waals surface area contributed by atoms with E-state index in [2.05, 4.69) is 0 Å². The number of methoxy groups -OCH3 is 3. The summed E-state index contributed by atoms with van der Waals surface area (Å²) in [5, 5.41) is 0. The van der Waals surface area contributed by atoms with Crippen LogP contribution in [0.4, 0.5) is 5.69 Å². The van der Waals surface area contributed by atoms with E-state index in [1.54, 1.807) is 42.5 Å². The van der Waals surface area contributed by atoms with Crippen LogP contribution in [0.5, 0.6) is 17.2 Å². The molecule has 0 fully saturated rings. The number of aryl methyl sites for hydroxylation is 1. The Labute approximate surface area is 186 Å². The number of amides is 2. The summed E-state index contributed by atoms with van der Waals surface area (Å²) in [6.07, 6.45) is 1.74. The molecule has 2 amide bonds. The second-order valence-electron chi connectivity index (χ2n) is 7.35. The lowest BCUT2D eigenvalue weighted by Crippen LogP contribution is -2.41. The molecule has 4 rings (SSSR count). The number of hydrogen-bond acceptors (Lipinski definition) is 5. The van der Waals surface area contributed by atoms with Gasteiger partial charge in [0.25, 0.3) is 11.8 Å². The molecule has 0 spiro atoms. The molecule has 162 valence electrons. The van der Waals surface area contributed by atoms with Gasteiger partial charge in [0.1, 0.15) is 0 Å². The highest BCUT2D eigenvalue weighted by Crippen LogP contribution is 2.40. The van der Waals surface area contributed by atoms with Crippen LogP contribution >= 0.6 is 0 Å². The molecule has 3 aromatic rings. The van der Waals surface area contributed by atoms with E-state index in [-0.39, 0.29) is 5.91 Å². The first-order valence-corrected chi connectivity index (χ1v) is 10.0. The van der Waals surface area contributed by atoms with E-state index in [9.17, 15) is 9.59 Å². The molecule has 0 N–H and O–H groups in total. The third-order valence-corrected chi connectivity index (χ3v) is 5.34. The van der Waals surface area contributed by atoms with E-state index < -0.39 is 5.91 Å². The average Bonchev–Trinajstić information content (AvgIpc) is 2.81. The van der Waals surface area contributed by atoms with Crippen molar-refractivity contribution < 1.29 is 23.8 Å². The van der Waals surface area contributed by atoms with Crippen LogP contribution in [0.25, 0.3) is 11.6 Å². The van der Waals surface area contributed by atoms with E-state index in [0.29, 0.717) is 45.2 Å². The number of hydrogen-bond donors (Lipinski definition) is 0. The minimum absolute atomic E-state index is 0.349. The first kappa shape index (κ1) is 21.2. The number of benzene rings is 3. The molecule has 0 atom stereocenters. The zero-order chi connectivity index (χ0) is 22.8. The lowest BCUT2D eigenvalue weighted by Gasteiger charge is -2.29. The predicted molar refractivity (Wildman–Crippen MR) is 123 cm³/mol. The van der Waals surface area contributed by atoms with Crippen molar-refractivity contribution >= 4 is 29.2 Å². The van der Waals surface area contributed by atoms with Crippen molar-refractivity contribution in [2.24, 2.45) is 0 Å². The summed E-state index contributed by atoms with van der Waals surface area (Å²) < 4.78 is 16.3. The summed E-state index contributed by atoms with van der Waals surface area (Å²) in [6.45, 7) is 1.92. The largest absolute Gasteiger partial charge is 0.493 e. The van der Waals surface area contributed by atoms with Crippen molar-refractivity contribution in [2.75, 3.05) is 26.2 Å². The molecule has 32 heavy (non-hydrogen) atoms. The van der Waals surface area contributed by atoms with Gasteiger partial charge in [-0.2, -0.15) is 0 Å². The fourth-order valence-electron chi connectivity index (χ4n) is 3.85. The van der Waals surface area contributed by atoms with Gasteiger partial charge in [0.05, 0.1) is 27.0 Å². The third-order valence-electron chi connectivity index (χ3n) is 5.34. The summed E-state index contributed by atoms with van der Waals surface area (Å²) >= 11 is 0. The van der Waals surface area contributed by atoms with E-state index in [1.807, 2.05) is 31.2 Å². The van der Waals surface area contributed by atoms with Crippen LogP contribution in [0, 0.1) is 6.92 Å². The number of nitrogens with zero attached hydrogens (tertiary/aromatic N) is 1. The molecular weight excluding hydrogens is 406 g/mol. The van der Waals surface area contributed by atoms with Crippen LogP contribution in [0.2, 0.25) is 0 Å². The molecule has 6 heteroatoms. The quantitative estimate of drug-likeness (QED) is 0.433. The van der Waals surface area contributed by atoms with Gasteiger partial charge >= 0.3 is 0 Å². The van der Waals surface area contributed by atoms with Gasteiger partial charge in [-0.1, -0.05) is 30.3 Å². The van der Waals surface area contributed by atoms with Gasteiger partial charge in [-0.25, -0.2) is 4.90 Å². The monoisotopic (exact) mass is 429 g/mol. The average molecular weight is 429 g/mol. The van der Waals surface area contributed by atoms with E-state index in [0.717, 1.165) is 5.56 Å². The summed E-state index contributed by atoms with van der Waals surface area (Å²) in [5.41, 5.74) is 3.61. The highest BCUT2D eigenvalue weighted by Gasteiger charge is 2.35. The van der Waals surface area contributed by atoms with Gasteiger partial charge in [0.15, 0.2) is 11.5 Å². The Morgan fingerprint density at radius 2 is 1.41 bits per heavy atom. The number of ether oxygens (including phenoxy) is 3. The maximum absolute atomic E-state index is 13.6. The number of anilines is 1. The number of carbonyl (C=O) groups is 2. The summed E-state index contributed by atoms with van der Waals surface area (Å²) in [7, 11) is 4.60. The lowest BCUT2D eigenvalue weighted by atomic mass is 9.91. The van der Waals surface area contributed by atoms with Crippen LogP contribution in [0.1, 0.15) is 27.0 Å². The smallest absolute Gasteiger partial charge is 0.265 e. The van der Waals surface area contributed by atoms with Crippen molar-refractivity contribution in [3.63, 3.8) is 0 Å². The van der Waals surface area contributed by atoms with Crippen molar-refractivity contribution in [1.29, 1.82) is 0 Å². The minimum atomic E-state index is -0.395. The Bertz CT molecular complexity index is 1220. The van der Waals surface area contributed by atoms with Crippen LogP contribution in [0.15, 0.2) is 60.7 Å². The second-order valence-corrected chi connectivity index (χ2v) is 7.35. The fourth-order valence-corrected chi connectivity index (χ4v) is 3.85. The Morgan fingerprint density at radius 3 is 2.00 bits per heavy atom.